The van der Waals surface area contributed by atoms with Crippen LogP contribution in [-0.4, -0.2) is 36.2 Å². The minimum atomic E-state index is -4.54. The standard InChI is InChI=1S/C17H17F3N6O/c1-9-10(2)15(27)22-12-5-11(6-21-14(9)12)7-25-3-4-26-13(8-25)23-16(24-26)17(18,19)20/h5-6H,3-4,7-8H2,1-2H3,(H,22,27). The van der Waals surface area contributed by atoms with Crippen LogP contribution in [0.1, 0.15) is 28.3 Å². The van der Waals surface area contributed by atoms with Crippen molar-refractivity contribution in [3.8, 4) is 0 Å². The van der Waals surface area contributed by atoms with Gasteiger partial charge in [0, 0.05) is 24.8 Å². The second-order valence-corrected chi connectivity index (χ2v) is 6.73. The van der Waals surface area contributed by atoms with Crippen LogP contribution < -0.4 is 5.56 Å². The van der Waals surface area contributed by atoms with E-state index in [-0.39, 0.29) is 12.1 Å². The topological polar surface area (TPSA) is 79.7 Å². The third kappa shape index (κ3) is 3.20. The molecule has 0 saturated heterocycles. The molecule has 0 unspecified atom stereocenters. The summed E-state index contributed by atoms with van der Waals surface area (Å²) in [6.45, 7) is 5.26. The molecule has 7 nitrogen and oxygen atoms in total. The molecule has 1 aliphatic rings. The Morgan fingerprint density at radius 3 is 2.74 bits per heavy atom. The van der Waals surface area contributed by atoms with Crippen molar-refractivity contribution in [1.29, 1.82) is 0 Å². The molecule has 27 heavy (non-hydrogen) atoms. The van der Waals surface area contributed by atoms with E-state index in [1.54, 1.807) is 13.1 Å². The van der Waals surface area contributed by atoms with E-state index in [9.17, 15) is 18.0 Å². The number of fused-ring (bicyclic) bond motifs is 2. The molecule has 10 heteroatoms. The molecule has 0 fully saturated rings. The summed E-state index contributed by atoms with van der Waals surface area (Å²) in [7, 11) is 0. The largest absolute Gasteiger partial charge is 0.453 e. The van der Waals surface area contributed by atoms with Crippen molar-refractivity contribution in [2.45, 2.75) is 39.7 Å². The summed E-state index contributed by atoms with van der Waals surface area (Å²) in [5.41, 5.74) is 3.59. The van der Waals surface area contributed by atoms with Gasteiger partial charge in [0.05, 0.1) is 24.1 Å². The molecular weight excluding hydrogens is 361 g/mol. The predicted octanol–water partition coefficient (Wildman–Crippen LogP) is 2.17. The maximum atomic E-state index is 12.8. The molecular formula is C17H17F3N6O. The first kappa shape index (κ1) is 17.7. The van der Waals surface area contributed by atoms with E-state index in [4.69, 9.17) is 0 Å². The maximum absolute atomic E-state index is 12.8. The molecule has 0 spiro atoms. The highest BCUT2D eigenvalue weighted by atomic mass is 19.4. The van der Waals surface area contributed by atoms with Gasteiger partial charge in [-0.15, -0.1) is 5.10 Å². The third-order valence-corrected chi connectivity index (χ3v) is 4.85. The average molecular weight is 378 g/mol. The van der Waals surface area contributed by atoms with Crippen LogP contribution in [0.5, 0.6) is 0 Å². The summed E-state index contributed by atoms with van der Waals surface area (Å²) in [4.78, 5) is 24.8. The van der Waals surface area contributed by atoms with Crippen molar-refractivity contribution in [3.63, 3.8) is 0 Å². The van der Waals surface area contributed by atoms with Crippen LogP contribution in [0.3, 0.4) is 0 Å². The Morgan fingerprint density at radius 1 is 1.22 bits per heavy atom. The zero-order valence-corrected chi connectivity index (χ0v) is 14.8. The Bertz CT molecular complexity index is 1080. The van der Waals surface area contributed by atoms with Crippen molar-refractivity contribution in [2.75, 3.05) is 6.54 Å². The first-order valence-corrected chi connectivity index (χ1v) is 8.44. The van der Waals surface area contributed by atoms with E-state index in [0.29, 0.717) is 36.5 Å². The van der Waals surface area contributed by atoms with Crippen LogP contribution in [0.15, 0.2) is 17.1 Å². The number of aromatic amines is 1. The number of hydrogen-bond acceptors (Lipinski definition) is 5. The minimum absolute atomic E-state index is 0.148. The number of aryl methyl sites for hydroxylation is 1. The summed E-state index contributed by atoms with van der Waals surface area (Å²) in [5.74, 6) is -0.808. The van der Waals surface area contributed by atoms with Crippen molar-refractivity contribution in [1.82, 2.24) is 29.6 Å². The quantitative estimate of drug-likeness (QED) is 0.739. The van der Waals surface area contributed by atoms with Crippen LogP contribution in [0.4, 0.5) is 13.2 Å². The summed E-state index contributed by atoms with van der Waals surface area (Å²) < 4.78 is 39.6. The maximum Gasteiger partial charge on any atom is 0.453 e. The third-order valence-electron chi connectivity index (χ3n) is 4.85. The van der Waals surface area contributed by atoms with E-state index in [0.717, 1.165) is 16.6 Å². The van der Waals surface area contributed by atoms with Crippen molar-refractivity contribution < 1.29 is 13.2 Å². The number of rotatable bonds is 2. The van der Waals surface area contributed by atoms with Gasteiger partial charge in [-0.25, -0.2) is 9.67 Å². The van der Waals surface area contributed by atoms with Crippen LogP contribution in [0, 0.1) is 13.8 Å². The molecule has 3 aromatic heterocycles. The normalized spacial score (nSPS) is 15.3. The molecule has 1 aliphatic heterocycles. The Balaban J connectivity index is 1.57. The van der Waals surface area contributed by atoms with Crippen LogP contribution in [0.2, 0.25) is 0 Å². The fraction of sp³-hybridized carbons (Fsp3) is 0.412. The van der Waals surface area contributed by atoms with E-state index < -0.39 is 12.0 Å². The van der Waals surface area contributed by atoms with Gasteiger partial charge < -0.3 is 4.98 Å². The van der Waals surface area contributed by atoms with Gasteiger partial charge in [-0.1, -0.05) is 0 Å². The SMILES string of the molecule is Cc1c(C)c2ncc(CN3CCn4nc(C(F)(F)F)nc4C3)cc2[nH]c1=O. The molecule has 0 amide bonds. The number of H-pyrrole nitrogens is 1. The first-order chi connectivity index (χ1) is 12.7. The molecule has 4 rings (SSSR count). The zero-order valence-electron chi connectivity index (χ0n) is 14.8. The Kier molecular flexibility index (Phi) is 4.02. The number of hydrogen-bond donors (Lipinski definition) is 1. The number of nitrogens with one attached hydrogen (secondary N) is 1. The second-order valence-electron chi connectivity index (χ2n) is 6.73. The van der Waals surface area contributed by atoms with Crippen LogP contribution in [-0.2, 0) is 25.8 Å². The number of aromatic nitrogens is 5. The molecule has 3 aromatic rings. The highest BCUT2D eigenvalue weighted by molar-refractivity contribution is 5.78. The summed E-state index contributed by atoms with van der Waals surface area (Å²) in [5, 5.41) is 3.53. The molecule has 4 heterocycles. The second kappa shape index (κ2) is 6.15. The van der Waals surface area contributed by atoms with Crippen LogP contribution >= 0.6 is 0 Å². The van der Waals surface area contributed by atoms with Crippen LogP contribution in [0.25, 0.3) is 11.0 Å². The number of halogens is 3. The monoisotopic (exact) mass is 378 g/mol. The van der Waals surface area contributed by atoms with Crippen molar-refractivity contribution in [3.05, 3.63) is 51.0 Å². The van der Waals surface area contributed by atoms with Gasteiger partial charge in [0.2, 0.25) is 0 Å². The van der Waals surface area contributed by atoms with E-state index in [1.165, 1.54) is 4.68 Å². The molecule has 142 valence electrons. The van der Waals surface area contributed by atoms with Crippen molar-refractivity contribution >= 4 is 11.0 Å². The Hall–Kier alpha value is -2.75. The van der Waals surface area contributed by atoms with Gasteiger partial charge in [-0.2, -0.15) is 13.2 Å². The first-order valence-electron chi connectivity index (χ1n) is 8.44. The molecule has 0 aliphatic carbocycles. The lowest BCUT2D eigenvalue weighted by Crippen LogP contribution is -2.33. The van der Waals surface area contributed by atoms with Gasteiger partial charge >= 0.3 is 6.18 Å². The lowest BCUT2D eigenvalue weighted by Gasteiger charge is -2.26. The number of pyridine rings is 2. The molecule has 0 saturated carbocycles. The molecule has 0 radical (unpaired) electrons. The van der Waals surface area contributed by atoms with Gasteiger partial charge in [-0.05, 0) is 31.0 Å². The van der Waals surface area contributed by atoms with Crippen molar-refractivity contribution in [2.24, 2.45) is 0 Å². The highest BCUT2D eigenvalue weighted by Gasteiger charge is 2.37. The molecule has 1 N–H and O–H groups in total. The smallest absolute Gasteiger partial charge is 0.320 e. The molecule has 0 atom stereocenters. The van der Waals surface area contributed by atoms with E-state index in [1.807, 2.05) is 17.9 Å². The summed E-state index contributed by atoms with van der Waals surface area (Å²) >= 11 is 0. The van der Waals surface area contributed by atoms with E-state index >= 15 is 0 Å². The Morgan fingerprint density at radius 2 is 2.00 bits per heavy atom. The van der Waals surface area contributed by atoms with Gasteiger partial charge in [0.25, 0.3) is 11.4 Å². The lowest BCUT2D eigenvalue weighted by atomic mass is 10.1. The molecule has 0 bridgehead atoms. The van der Waals surface area contributed by atoms with Gasteiger partial charge in [0.15, 0.2) is 0 Å². The number of nitrogens with zero attached hydrogens (tertiary/aromatic N) is 5. The highest BCUT2D eigenvalue weighted by Crippen LogP contribution is 2.27. The number of alkyl halides is 3. The van der Waals surface area contributed by atoms with Gasteiger partial charge in [-0.3, -0.25) is 14.7 Å². The minimum Gasteiger partial charge on any atom is -0.320 e. The zero-order chi connectivity index (χ0) is 19.3. The fourth-order valence-corrected chi connectivity index (χ4v) is 3.25. The van der Waals surface area contributed by atoms with E-state index in [2.05, 4.69) is 20.1 Å². The predicted molar refractivity (Wildman–Crippen MR) is 91.0 cm³/mol. The van der Waals surface area contributed by atoms with Gasteiger partial charge in [0.1, 0.15) is 5.82 Å². The summed E-state index contributed by atoms with van der Waals surface area (Å²) in [6, 6.07) is 1.86. The summed E-state index contributed by atoms with van der Waals surface area (Å²) in [6.07, 6.45) is -2.81. The Labute approximate surface area is 151 Å². The lowest BCUT2D eigenvalue weighted by molar-refractivity contribution is -0.145. The fourth-order valence-electron chi connectivity index (χ4n) is 3.25. The molecule has 0 aromatic carbocycles. The average Bonchev–Trinajstić information content (AvgIpc) is 3.03.